The molecule has 4 rings (SSSR count). The van der Waals surface area contributed by atoms with Crippen molar-refractivity contribution in [3.63, 3.8) is 0 Å². The van der Waals surface area contributed by atoms with Gasteiger partial charge in [0.15, 0.2) is 16.6 Å². The first kappa shape index (κ1) is 13.9. The summed E-state index contributed by atoms with van der Waals surface area (Å²) in [5, 5.41) is 6.42. The molecule has 112 valence electrons. The van der Waals surface area contributed by atoms with Crippen LogP contribution in [0.5, 0.6) is 0 Å². The van der Waals surface area contributed by atoms with Crippen LogP contribution in [0.1, 0.15) is 0 Å². The molecule has 3 heterocycles. The summed E-state index contributed by atoms with van der Waals surface area (Å²) < 4.78 is 1.80. The van der Waals surface area contributed by atoms with E-state index in [0.29, 0.717) is 5.82 Å². The van der Waals surface area contributed by atoms with Crippen molar-refractivity contribution in [1.82, 2.24) is 24.6 Å². The largest absolute Gasteiger partial charge is 0.264 e. The van der Waals surface area contributed by atoms with E-state index in [9.17, 15) is 0 Å². The van der Waals surface area contributed by atoms with Crippen molar-refractivity contribution in [3.8, 4) is 11.4 Å². The fourth-order valence-electron chi connectivity index (χ4n) is 2.37. The van der Waals surface area contributed by atoms with E-state index < -0.39 is 0 Å². The van der Waals surface area contributed by atoms with E-state index >= 15 is 0 Å². The standard InChI is InChI=1S/C17H13N5S/c1-2-10-23-17-19-14-8-4-3-7-13(14)16-20-15(21-22(16)17)12-6-5-9-18-11-12/h2-9,11H,1,10H2. The van der Waals surface area contributed by atoms with Crippen molar-refractivity contribution in [3.05, 3.63) is 61.4 Å². The van der Waals surface area contributed by atoms with Crippen LogP contribution in [-0.2, 0) is 0 Å². The normalized spacial score (nSPS) is 11.1. The Hall–Kier alpha value is -2.73. The predicted molar refractivity (Wildman–Crippen MR) is 92.4 cm³/mol. The topological polar surface area (TPSA) is 56.0 Å². The predicted octanol–water partition coefficient (Wildman–Crippen LogP) is 3.62. The minimum Gasteiger partial charge on any atom is -0.264 e. The van der Waals surface area contributed by atoms with E-state index in [0.717, 1.165) is 33.0 Å². The molecule has 0 radical (unpaired) electrons. The van der Waals surface area contributed by atoms with Gasteiger partial charge in [0.05, 0.1) is 5.52 Å². The molecular weight excluding hydrogens is 306 g/mol. The van der Waals surface area contributed by atoms with Crippen LogP contribution >= 0.6 is 11.8 Å². The summed E-state index contributed by atoms with van der Waals surface area (Å²) in [4.78, 5) is 13.6. The molecule has 0 unspecified atom stereocenters. The molecule has 0 N–H and O–H groups in total. The molecule has 0 saturated carbocycles. The molecule has 0 aliphatic rings. The summed E-state index contributed by atoms with van der Waals surface area (Å²) in [6.07, 6.45) is 5.36. The highest BCUT2D eigenvalue weighted by atomic mass is 32.2. The van der Waals surface area contributed by atoms with Gasteiger partial charge in [-0.1, -0.05) is 30.0 Å². The Bertz CT molecular complexity index is 994. The monoisotopic (exact) mass is 319 g/mol. The summed E-state index contributed by atoms with van der Waals surface area (Å²) in [6, 6.07) is 11.8. The van der Waals surface area contributed by atoms with E-state index in [2.05, 4.69) is 16.7 Å². The van der Waals surface area contributed by atoms with E-state index in [1.54, 1.807) is 28.7 Å². The first-order valence-corrected chi connectivity index (χ1v) is 8.15. The van der Waals surface area contributed by atoms with Crippen LogP contribution in [0, 0.1) is 0 Å². The second-order valence-electron chi connectivity index (χ2n) is 4.92. The molecule has 3 aromatic heterocycles. The average Bonchev–Trinajstić information content (AvgIpc) is 3.06. The number of fused-ring (bicyclic) bond motifs is 3. The number of benzene rings is 1. The molecule has 23 heavy (non-hydrogen) atoms. The fraction of sp³-hybridized carbons (Fsp3) is 0.0588. The Balaban J connectivity index is 2.00. The molecule has 0 aliphatic carbocycles. The Morgan fingerprint density at radius 1 is 1.13 bits per heavy atom. The van der Waals surface area contributed by atoms with E-state index in [-0.39, 0.29) is 0 Å². The zero-order valence-electron chi connectivity index (χ0n) is 12.3. The molecule has 0 atom stereocenters. The lowest BCUT2D eigenvalue weighted by Gasteiger charge is -2.04. The molecule has 5 nitrogen and oxygen atoms in total. The maximum Gasteiger partial charge on any atom is 0.191 e. The number of hydrogen-bond donors (Lipinski definition) is 0. The highest BCUT2D eigenvalue weighted by molar-refractivity contribution is 7.99. The SMILES string of the molecule is C=CCSc1nc2ccccc2c2nc(-c3cccnc3)nn12. The maximum atomic E-state index is 4.71. The second-order valence-corrected chi connectivity index (χ2v) is 5.91. The van der Waals surface area contributed by atoms with Crippen molar-refractivity contribution in [2.24, 2.45) is 0 Å². The van der Waals surface area contributed by atoms with Crippen LogP contribution in [0.4, 0.5) is 0 Å². The summed E-state index contributed by atoms with van der Waals surface area (Å²) >= 11 is 1.59. The van der Waals surface area contributed by atoms with Crippen molar-refractivity contribution in [1.29, 1.82) is 0 Å². The summed E-state index contributed by atoms with van der Waals surface area (Å²) in [5.41, 5.74) is 2.61. The van der Waals surface area contributed by atoms with Crippen LogP contribution in [0.15, 0.2) is 66.6 Å². The van der Waals surface area contributed by atoms with Gasteiger partial charge in [0.2, 0.25) is 0 Å². The number of rotatable bonds is 4. The number of aromatic nitrogens is 5. The second kappa shape index (κ2) is 5.81. The van der Waals surface area contributed by atoms with Gasteiger partial charge in [0.25, 0.3) is 0 Å². The first-order chi connectivity index (χ1) is 11.4. The van der Waals surface area contributed by atoms with Gasteiger partial charge < -0.3 is 0 Å². The van der Waals surface area contributed by atoms with Gasteiger partial charge in [-0.25, -0.2) is 9.97 Å². The number of para-hydroxylation sites is 1. The number of nitrogens with zero attached hydrogens (tertiary/aromatic N) is 5. The molecule has 1 aromatic carbocycles. The smallest absolute Gasteiger partial charge is 0.191 e. The van der Waals surface area contributed by atoms with Crippen molar-refractivity contribution >= 4 is 28.3 Å². The number of pyridine rings is 1. The van der Waals surface area contributed by atoms with Crippen molar-refractivity contribution in [2.75, 3.05) is 5.75 Å². The van der Waals surface area contributed by atoms with Gasteiger partial charge in [-0.2, -0.15) is 4.52 Å². The first-order valence-electron chi connectivity index (χ1n) is 7.16. The average molecular weight is 319 g/mol. The van der Waals surface area contributed by atoms with Gasteiger partial charge in [-0.3, -0.25) is 4.98 Å². The molecule has 4 aromatic rings. The van der Waals surface area contributed by atoms with E-state index in [4.69, 9.17) is 9.97 Å². The molecular formula is C17H13N5S. The molecule has 0 saturated heterocycles. The van der Waals surface area contributed by atoms with Gasteiger partial charge in [-0.15, -0.1) is 11.7 Å². The Labute approximate surface area is 137 Å². The van der Waals surface area contributed by atoms with Crippen LogP contribution in [0.25, 0.3) is 27.9 Å². The van der Waals surface area contributed by atoms with Crippen molar-refractivity contribution < 1.29 is 0 Å². The number of thioether (sulfide) groups is 1. The Kier molecular flexibility index (Phi) is 3.51. The fourth-order valence-corrected chi connectivity index (χ4v) is 3.05. The van der Waals surface area contributed by atoms with Gasteiger partial charge in [-0.05, 0) is 24.3 Å². The minimum atomic E-state index is 0.650. The third kappa shape index (κ3) is 2.47. The molecule has 0 amide bonds. The summed E-state index contributed by atoms with van der Waals surface area (Å²) in [6.45, 7) is 3.77. The van der Waals surface area contributed by atoms with E-state index in [1.165, 1.54) is 0 Å². The lowest BCUT2D eigenvalue weighted by Crippen LogP contribution is -1.98. The molecule has 0 spiro atoms. The zero-order valence-corrected chi connectivity index (χ0v) is 13.1. The third-order valence-electron chi connectivity index (χ3n) is 3.40. The van der Waals surface area contributed by atoms with Gasteiger partial charge in [0, 0.05) is 29.1 Å². The minimum absolute atomic E-state index is 0.650. The van der Waals surface area contributed by atoms with Gasteiger partial charge in [0.1, 0.15) is 0 Å². The lowest BCUT2D eigenvalue weighted by molar-refractivity contribution is 0.812. The van der Waals surface area contributed by atoms with Crippen LogP contribution in [0.2, 0.25) is 0 Å². The number of hydrogen-bond acceptors (Lipinski definition) is 5. The quantitative estimate of drug-likeness (QED) is 0.327. The van der Waals surface area contributed by atoms with E-state index in [1.807, 2.05) is 42.5 Å². The van der Waals surface area contributed by atoms with Crippen LogP contribution in [0.3, 0.4) is 0 Å². The third-order valence-corrected chi connectivity index (χ3v) is 4.32. The molecule has 0 bridgehead atoms. The highest BCUT2D eigenvalue weighted by Gasteiger charge is 2.14. The highest BCUT2D eigenvalue weighted by Crippen LogP contribution is 2.26. The zero-order chi connectivity index (χ0) is 15.6. The Morgan fingerprint density at radius 2 is 2.04 bits per heavy atom. The molecule has 0 aliphatic heterocycles. The molecule has 0 fully saturated rings. The maximum absolute atomic E-state index is 4.71. The Morgan fingerprint density at radius 3 is 2.87 bits per heavy atom. The molecule has 6 heteroatoms. The summed E-state index contributed by atoms with van der Waals surface area (Å²) in [5.74, 6) is 1.42. The van der Waals surface area contributed by atoms with Crippen LogP contribution in [-0.4, -0.2) is 30.3 Å². The lowest BCUT2D eigenvalue weighted by atomic mass is 10.2. The van der Waals surface area contributed by atoms with Gasteiger partial charge >= 0.3 is 0 Å². The van der Waals surface area contributed by atoms with Crippen LogP contribution < -0.4 is 0 Å². The van der Waals surface area contributed by atoms with Crippen molar-refractivity contribution in [2.45, 2.75) is 5.16 Å². The summed E-state index contributed by atoms with van der Waals surface area (Å²) in [7, 11) is 0.